The molecular formula is C20H20Cl2FNO3S. The standard InChI is InChI=1S/C20H20Cl2FNO3S/c21-13-8-12(9-14(22)10-13)6-7-24-15(4-5-18(24)25)2-1-3-16-11-17(23)19(28-16)20(26)27/h8-11,15H,1-7H2,(H,26,27)/t15-/m0/s1. The third-order valence-corrected chi connectivity index (χ3v) is 6.50. The molecule has 8 heteroatoms. The minimum absolute atomic E-state index is 0.147. The molecule has 0 bridgehead atoms. The van der Waals surface area contributed by atoms with E-state index in [4.69, 9.17) is 28.3 Å². The van der Waals surface area contributed by atoms with E-state index in [9.17, 15) is 14.0 Å². The molecule has 1 aromatic heterocycles. The van der Waals surface area contributed by atoms with Gasteiger partial charge >= 0.3 is 5.97 Å². The highest BCUT2D eigenvalue weighted by Gasteiger charge is 2.30. The van der Waals surface area contributed by atoms with Gasteiger partial charge in [-0.2, -0.15) is 0 Å². The zero-order chi connectivity index (χ0) is 20.3. The molecule has 1 aromatic carbocycles. The third-order valence-electron chi connectivity index (χ3n) is 4.91. The molecule has 0 unspecified atom stereocenters. The van der Waals surface area contributed by atoms with Crippen molar-refractivity contribution in [3.05, 3.63) is 55.4 Å². The van der Waals surface area contributed by atoms with Crippen LogP contribution in [0.2, 0.25) is 10.0 Å². The molecule has 0 spiro atoms. The molecule has 1 aliphatic heterocycles. The maximum absolute atomic E-state index is 13.6. The van der Waals surface area contributed by atoms with Crippen LogP contribution >= 0.6 is 34.5 Å². The van der Waals surface area contributed by atoms with Crippen LogP contribution in [-0.2, 0) is 17.6 Å². The fraction of sp³-hybridized carbons (Fsp3) is 0.400. The molecule has 1 amide bonds. The van der Waals surface area contributed by atoms with Gasteiger partial charge in [-0.1, -0.05) is 23.2 Å². The lowest BCUT2D eigenvalue weighted by atomic mass is 10.1. The monoisotopic (exact) mass is 443 g/mol. The highest BCUT2D eigenvalue weighted by atomic mass is 35.5. The quantitative estimate of drug-likeness (QED) is 0.589. The van der Waals surface area contributed by atoms with Crippen molar-refractivity contribution in [1.29, 1.82) is 0 Å². The van der Waals surface area contributed by atoms with E-state index in [2.05, 4.69) is 0 Å². The van der Waals surface area contributed by atoms with E-state index < -0.39 is 11.8 Å². The van der Waals surface area contributed by atoms with Crippen molar-refractivity contribution < 1.29 is 19.1 Å². The van der Waals surface area contributed by atoms with E-state index in [1.807, 2.05) is 17.0 Å². The summed E-state index contributed by atoms with van der Waals surface area (Å²) >= 11 is 13.1. The molecule has 1 fully saturated rings. The number of carboxylic acid groups (broad SMARTS) is 1. The molecule has 1 aliphatic rings. The van der Waals surface area contributed by atoms with Gasteiger partial charge in [0.1, 0.15) is 10.7 Å². The second-order valence-corrected chi connectivity index (χ2v) is 8.90. The third kappa shape index (κ3) is 5.25. The molecule has 3 rings (SSSR count). The fourth-order valence-corrected chi connectivity index (χ4v) is 5.09. The Balaban J connectivity index is 1.53. The van der Waals surface area contributed by atoms with Crippen molar-refractivity contribution in [2.75, 3.05) is 6.54 Å². The topological polar surface area (TPSA) is 57.6 Å². The average molecular weight is 444 g/mol. The molecule has 2 aromatic rings. The zero-order valence-electron chi connectivity index (χ0n) is 15.1. The molecule has 2 heterocycles. The van der Waals surface area contributed by atoms with Crippen LogP contribution in [0.1, 0.15) is 45.8 Å². The van der Waals surface area contributed by atoms with Crippen molar-refractivity contribution >= 4 is 46.4 Å². The molecule has 28 heavy (non-hydrogen) atoms. The van der Waals surface area contributed by atoms with Gasteiger partial charge in [0.25, 0.3) is 0 Å². The minimum atomic E-state index is -1.23. The number of nitrogens with zero attached hydrogens (tertiary/aromatic N) is 1. The van der Waals surface area contributed by atoms with Crippen LogP contribution < -0.4 is 0 Å². The summed E-state index contributed by atoms with van der Waals surface area (Å²) < 4.78 is 13.6. The number of carbonyl (C=O) groups excluding carboxylic acids is 1. The summed E-state index contributed by atoms with van der Waals surface area (Å²) in [4.78, 5) is 25.6. The number of aromatic carboxylic acids is 1. The van der Waals surface area contributed by atoms with E-state index >= 15 is 0 Å². The summed E-state index contributed by atoms with van der Waals surface area (Å²) in [5.74, 6) is -1.76. The first-order valence-electron chi connectivity index (χ1n) is 9.09. The van der Waals surface area contributed by atoms with Crippen LogP contribution in [0.5, 0.6) is 0 Å². The van der Waals surface area contributed by atoms with E-state index in [1.165, 1.54) is 6.07 Å². The summed E-state index contributed by atoms with van der Waals surface area (Å²) in [5, 5.41) is 10.1. The highest BCUT2D eigenvalue weighted by Crippen LogP contribution is 2.27. The summed E-state index contributed by atoms with van der Waals surface area (Å²) in [5.41, 5.74) is 0.992. The van der Waals surface area contributed by atoms with E-state index in [1.54, 1.807) is 6.07 Å². The Bertz CT molecular complexity index is 866. The summed E-state index contributed by atoms with van der Waals surface area (Å²) in [7, 11) is 0. The molecular weight excluding hydrogens is 424 g/mol. The lowest BCUT2D eigenvalue weighted by Gasteiger charge is -2.25. The number of halogens is 3. The van der Waals surface area contributed by atoms with Crippen molar-refractivity contribution in [2.45, 2.75) is 44.6 Å². The number of aryl methyl sites for hydroxylation is 1. The van der Waals surface area contributed by atoms with E-state index in [-0.39, 0.29) is 16.8 Å². The lowest BCUT2D eigenvalue weighted by molar-refractivity contribution is -0.129. The predicted octanol–water partition coefficient (Wildman–Crippen LogP) is 5.45. The predicted molar refractivity (Wildman–Crippen MR) is 109 cm³/mol. The zero-order valence-corrected chi connectivity index (χ0v) is 17.4. The van der Waals surface area contributed by atoms with Crippen molar-refractivity contribution in [3.63, 3.8) is 0 Å². The van der Waals surface area contributed by atoms with Crippen LogP contribution in [-0.4, -0.2) is 34.5 Å². The maximum atomic E-state index is 13.6. The van der Waals surface area contributed by atoms with Gasteiger partial charge in [-0.25, -0.2) is 9.18 Å². The first-order chi connectivity index (χ1) is 13.3. The van der Waals surface area contributed by atoms with Gasteiger partial charge in [0.15, 0.2) is 0 Å². The van der Waals surface area contributed by atoms with E-state index in [0.717, 1.165) is 41.0 Å². The van der Waals surface area contributed by atoms with Gasteiger partial charge < -0.3 is 10.0 Å². The average Bonchev–Trinajstić information content (AvgIpc) is 3.15. The molecule has 1 N–H and O–H groups in total. The van der Waals surface area contributed by atoms with Gasteiger partial charge in [0, 0.05) is 33.9 Å². The summed E-state index contributed by atoms with van der Waals surface area (Å²) in [6.07, 6.45) is 4.23. The molecule has 1 saturated heterocycles. The highest BCUT2D eigenvalue weighted by molar-refractivity contribution is 7.13. The van der Waals surface area contributed by atoms with Crippen LogP contribution in [0.25, 0.3) is 0 Å². The Labute approximate surface area is 176 Å². The van der Waals surface area contributed by atoms with E-state index in [0.29, 0.717) is 35.9 Å². The lowest BCUT2D eigenvalue weighted by Crippen LogP contribution is -2.34. The number of carbonyl (C=O) groups is 2. The number of amides is 1. The number of hydrogen-bond acceptors (Lipinski definition) is 3. The van der Waals surface area contributed by atoms with Gasteiger partial charge in [-0.05, 0) is 61.9 Å². The van der Waals surface area contributed by atoms with Crippen LogP contribution in [0.4, 0.5) is 4.39 Å². The Morgan fingerprint density at radius 1 is 1.21 bits per heavy atom. The Hall–Kier alpha value is -1.63. The largest absolute Gasteiger partial charge is 0.477 e. The Morgan fingerprint density at radius 3 is 2.57 bits per heavy atom. The Kier molecular flexibility index (Phi) is 6.96. The molecule has 4 nitrogen and oxygen atoms in total. The minimum Gasteiger partial charge on any atom is -0.477 e. The van der Waals surface area contributed by atoms with Gasteiger partial charge in [0.05, 0.1) is 0 Å². The number of rotatable bonds is 8. The molecule has 0 radical (unpaired) electrons. The first kappa shape index (κ1) is 21.1. The number of carboxylic acids is 1. The van der Waals surface area contributed by atoms with Crippen LogP contribution in [0, 0.1) is 5.82 Å². The second kappa shape index (κ2) is 9.25. The van der Waals surface area contributed by atoms with Crippen molar-refractivity contribution in [1.82, 2.24) is 4.90 Å². The van der Waals surface area contributed by atoms with Crippen molar-refractivity contribution in [2.24, 2.45) is 0 Å². The SMILES string of the molecule is O=C(O)c1sc(CCC[C@H]2CCC(=O)N2CCc2cc(Cl)cc(Cl)c2)cc1F. The van der Waals surface area contributed by atoms with Gasteiger partial charge in [-0.3, -0.25) is 4.79 Å². The van der Waals surface area contributed by atoms with Crippen molar-refractivity contribution in [3.8, 4) is 0 Å². The van der Waals surface area contributed by atoms with Crippen LogP contribution in [0.15, 0.2) is 24.3 Å². The molecule has 150 valence electrons. The number of thiophene rings is 1. The number of likely N-dealkylation sites (tertiary alicyclic amines) is 1. The fourth-order valence-electron chi connectivity index (χ4n) is 3.60. The normalized spacial score (nSPS) is 16.8. The maximum Gasteiger partial charge on any atom is 0.348 e. The van der Waals surface area contributed by atoms with Crippen LogP contribution in [0.3, 0.4) is 0 Å². The second-order valence-electron chi connectivity index (χ2n) is 6.89. The number of benzene rings is 1. The number of hydrogen-bond donors (Lipinski definition) is 1. The molecule has 1 atom stereocenters. The molecule has 0 aliphatic carbocycles. The summed E-state index contributed by atoms with van der Waals surface area (Å²) in [6.45, 7) is 0.608. The molecule has 0 saturated carbocycles. The smallest absolute Gasteiger partial charge is 0.348 e. The van der Waals surface area contributed by atoms with Gasteiger partial charge in [-0.15, -0.1) is 11.3 Å². The summed E-state index contributed by atoms with van der Waals surface area (Å²) in [6, 6.07) is 6.85. The van der Waals surface area contributed by atoms with Gasteiger partial charge in [0.2, 0.25) is 5.91 Å². The Morgan fingerprint density at radius 2 is 1.93 bits per heavy atom. The first-order valence-corrected chi connectivity index (χ1v) is 10.7.